The first kappa shape index (κ1) is 25.0. The summed E-state index contributed by atoms with van der Waals surface area (Å²) in [6.07, 6.45) is 9.24. The first-order valence-corrected chi connectivity index (χ1v) is 13.4. The maximum absolute atomic E-state index is 12.2. The molecule has 10 atom stereocenters. The second kappa shape index (κ2) is 9.49. The zero-order valence-electron chi connectivity index (χ0n) is 20.8. The minimum atomic E-state index is -0.890. The van der Waals surface area contributed by atoms with Crippen molar-refractivity contribution in [1.29, 1.82) is 0 Å². The van der Waals surface area contributed by atoms with Gasteiger partial charge in [0.25, 0.3) is 0 Å². The number of carboxylic acids is 1. The van der Waals surface area contributed by atoms with E-state index in [4.69, 9.17) is 5.11 Å². The number of carboxylic acid groups (broad SMARTS) is 1. The van der Waals surface area contributed by atoms with Gasteiger partial charge in [-0.15, -0.1) is 0 Å². The molecule has 6 nitrogen and oxygen atoms in total. The molecule has 0 aromatic heterocycles. The second-order valence-corrected chi connectivity index (χ2v) is 12.5. The van der Waals surface area contributed by atoms with Crippen molar-refractivity contribution in [2.75, 3.05) is 6.54 Å². The molecule has 4 saturated carbocycles. The van der Waals surface area contributed by atoms with Gasteiger partial charge in [-0.25, -0.2) is 0 Å². The lowest BCUT2D eigenvalue weighted by Crippen LogP contribution is -2.58. The molecular weight excluding hydrogens is 418 g/mol. The summed E-state index contributed by atoms with van der Waals surface area (Å²) in [5.41, 5.74) is 0.473. The van der Waals surface area contributed by atoms with E-state index in [1.807, 2.05) is 0 Å². The normalized spacial score (nSPS) is 45.4. The van der Waals surface area contributed by atoms with Gasteiger partial charge in [-0.05, 0) is 104 Å². The SMILES string of the molecule is CC(CCC(=O)NCCC(=O)O)C1CCC2C3C(O)C[C@@H]4C[C@H](O)CC[C@]4(C)C3CC[C@]12C. The van der Waals surface area contributed by atoms with Crippen molar-refractivity contribution in [3.63, 3.8) is 0 Å². The van der Waals surface area contributed by atoms with E-state index in [0.29, 0.717) is 41.9 Å². The van der Waals surface area contributed by atoms with E-state index >= 15 is 0 Å². The number of aliphatic carboxylic acids is 1. The first-order valence-electron chi connectivity index (χ1n) is 13.4. The quantitative estimate of drug-likeness (QED) is 0.457. The lowest BCUT2D eigenvalue weighted by atomic mass is 9.43. The summed E-state index contributed by atoms with van der Waals surface area (Å²) in [6, 6.07) is 0. The van der Waals surface area contributed by atoms with Crippen LogP contribution >= 0.6 is 0 Å². The number of rotatable bonds is 7. The number of amides is 1. The molecule has 0 aromatic rings. The van der Waals surface area contributed by atoms with Crippen LogP contribution < -0.4 is 5.32 Å². The molecule has 4 fully saturated rings. The number of hydrogen-bond acceptors (Lipinski definition) is 4. The molecule has 0 aliphatic heterocycles. The van der Waals surface area contributed by atoms with Crippen LogP contribution in [0.15, 0.2) is 0 Å². The van der Waals surface area contributed by atoms with E-state index in [1.165, 1.54) is 25.7 Å². The van der Waals surface area contributed by atoms with Crippen LogP contribution in [0.3, 0.4) is 0 Å². The molecule has 4 aliphatic rings. The second-order valence-electron chi connectivity index (χ2n) is 12.5. The molecular formula is C27H45NO5. The van der Waals surface area contributed by atoms with Gasteiger partial charge >= 0.3 is 5.97 Å². The smallest absolute Gasteiger partial charge is 0.305 e. The van der Waals surface area contributed by atoms with Crippen LogP contribution in [0.4, 0.5) is 0 Å². The van der Waals surface area contributed by atoms with Gasteiger partial charge in [0, 0.05) is 13.0 Å². The average Bonchev–Trinajstić information content (AvgIpc) is 3.10. The molecule has 0 aromatic carbocycles. The molecule has 6 heteroatoms. The van der Waals surface area contributed by atoms with Crippen molar-refractivity contribution in [3.05, 3.63) is 0 Å². The molecule has 1 amide bonds. The van der Waals surface area contributed by atoms with Gasteiger partial charge in [-0.2, -0.15) is 0 Å². The summed E-state index contributed by atoms with van der Waals surface area (Å²) in [5, 5.41) is 33.1. The first-order chi connectivity index (χ1) is 15.6. The van der Waals surface area contributed by atoms with E-state index in [1.54, 1.807) is 0 Å². The highest BCUT2D eigenvalue weighted by Crippen LogP contribution is 2.68. The minimum absolute atomic E-state index is 0.0344. The van der Waals surface area contributed by atoms with Crippen LogP contribution in [0, 0.1) is 46.3 Å². The third-order valence-electron chi connectivity index (χ3n) is 10.9. The van der Waals surface area contributed by atoms with Crippen LogP contribution in [0.5, 0.6) is 0 Å². The average molecular weight is 464 g/mol. The highest BCUT2D eigenvalue weighted by atomic mass is 16.4. The molecule has 0 radical (unpaired) electrons. The molecule has 0 spiro atoms. The van der Waals surface area contributed by atoms with Gasteiger partial charge in [0.2, 0.25) is 5.91 Å². The van der Waals surface area contributed by atoms with Gasteiger partial charge < -0.3 is 20.6 Å². The Morgan fingerprint density at radius 3 is 2.39 bits per heavy atom. The summed E-state index contributed by atoms with van der Waals surface area (Å²) in [5.74, 6) is 2.00. The zero-order valence-corrected chi connectivity index (χ0v) is 20.8. The minimum Gasteiger partial charge on any atom is -0.481 e. The number of aliphatic hydroxyl groups excluding tert-OH is 2. The van der Waals surface area contributed by atoms with Crippen molar-refractivity contribution >= 4 is 11.9 Å². The molecule has 0 heterocycles. The predicted molar refractivity (Wildman–Crippen MR) is 126 cm³/mol. The molecule has 33 heavy (non-hydrogen) atoms. The molecule has 4 N–H and O–H groups in total. The summed E-state index contributed by atoms with van der Waals surface area (Å²) in [7, 11) is 0. The van der Waals surface area contributed by atoms with Gasteiger partial charge in [0.1, 0.15) is 0 Å². The van der Waals surface area contributed by atoms with Gasteiger partial charge in [0.05, 0.1) is 18.6 Å². The maximum Gasteiger partial charge on any atom is 0.305 e. The number of nitrogens with one attached hydrogen (secondary N) is 1. The maximum atomic E-state index is 12.2. The fraction of sp³-hybridized carbons (Fsp3) is 0.926. The topological polar surface area (TPSA) is 107 Å². The van der Waals surface area contributed by atoms with Gasteiger partial charge in [-0.1, -0.05) is 20.8 Å². The standard InChI is InChI=1S/C27H45NO5/c1-16(4-7-23(31)28-13-10-24(32)33)19-5-6-20-25-21(9-12-27(19,20)3)26(2)11-8-18(29)14-17(26)15-22(25)30/h16-22,25,29-30H,4-15H2,1-3H3,(H,28,31)(H,32,33)/t16?,17-,18+,19?,20?,21?,22?,25?,26-,27+/m0/s1. The Morgan fingerprint density at radius 2 is 1.67 bits per heavy atom. The van der Waals surface area contributed by atoms with E-state index in [9.17, 15) is 19.8 Å². The van der Waals surface area contributed by atoms with E-state index in [-0.39, 0.29) is 41.9 Å². The number of aliphatic hydroxyl groups is 2. The molecule has 188 valence electrons. The molecule has 6 unspecified atom stereocenters. The Labute approximate surface area is 198 Å². The van der Waals surface area contributed by atoms with E-state index in [0.717, 1.165) is 32.1 Å². The molecule has 0 bridgehead atoms. The van der Waals surface area contributed by atoms with Crippen molar-refractivity contribution < 1.29 is 24.9 Å². The monoisotopic (exact) mass is 463 g/mol. The molecule has 0 saturated heterocycles. The highest BCUT2D eigenvalue weighted by Gasteiger charge is 2.62. The van der Waals surface area contributed by atoms with Crippen molar-refractivity contribution in [1.82, 2.24) is 5.32 Å². The fourth-order valence-corrected chi connectivity index (χ4v) is 9.13. The predicted octanol–water partition coefficient (Wildman–Crippen LogP) is 3.98. The van der Waals surface area contributed by atoms with Crippen molar-refractivity contribution in [2.45, 2.75) is 104 Å². The highest BCUT2D eigenvalue weighted by molar-refractivity contribution is 5.76. The third kappa shape index (κ3) is 4.59. The number of carbonyl (C=O) groups excluding carboxylic acids is 1. The lowest BCUT2D eigenvalue weighted by Gasteiger charge is -2.62. The van der Waals surface area contributed by atoms with Crippen LogP contribution in [-0.4, -0.2) is 45.9 Å². The fourth-order valence-electron chi connectivity index (χ4n) is 9.13. The third-order valence-corrected chi connectivity index (χ3v) is 10.9. The number of hydrogen-bond donors (Lipinski definition) is 4. The van der Waals surface area contributed by atoms with E-state index in [2.05, 4.69) is 26.1 Å². The summed E-state index contributed by atoms with van der Waals surface area (Å²) in [4.78, 5) is 22.8. The van der Waals surface area contributed by atoms with Gasteiger partial charge in [0.15, 0.2) is 0 Å². The lowest BCUT2D eigenvalue weighted by molar-refractivity contribution is -0.174. The molecule has 4 aliphatic carbocycles. The summed E-state index contributed by atoms with van der Waals surface area (Å²) < 4.78 is 0. The Morgan fingerprint density at radius 1 is 0.970 bits per heavy atom. The van der Waals surface area contributed by atoms with Crippen LogP contribution in [-0.2, 0) is 9.59 Å². The number of fused-ring (bicyclic) bond motifs is 5. The van der Waals surface area contributed by atoms with Crippen LogP contribution in [0.25, 0.3) is 0 Å². The van der Waals surface area contributed by atoms with Crippen molar-refractivity contribution in [2.24, 2.45) is 46.3 Å². The van der Waals surface area contributed by atoms with Crippen molar-refractivity contribution in [3.8, 4) is 0 Å². The van der Waals surface area contributed by atoms with Crippen LogP contribution in [0.1, 0.15) is 91.4 Å². The van der Waals surface area contributed by atoms with E-state index < -0.39 is 5.97 Å². The Kier molecular flexibility index (Phi) is 7.18. The van der Waals surface area contributed by atoms with Gasteiger partial charge in [-0.3, -0.25) is 9.59 Å². The zero-order chi connectivity index (χ0) is 24.0. The summed E-state index contributed by atoms with van der Waals surface area (Å²) in [6.45, 7) is 7.39. The molecule has 4 rings (SSSR count). The Hall–Kier alpha value is -1.14. The summed E-state index contributed by atoms with van der Waals surface area (Å²) >= 11 is 0. The van der Waals surface area contributed by atoms with Crippen LogP contribution in [0.2, 0.25) is 0 Å². The Bertz CT molecular complexity index is 742. The number of carbonyl (C=O) groups is 2. The Balaban J connectivity index is 1.40. The largest absolute Gasteiger partial charge is 0.481 e.